The molecule has 0 N–H and O–H groups in total. The summed E-state index contributed by atoms with van der Waals surface area (Å²) in [4.78, 5) is 6.29. The van der Waals surface area contributed by atoms with Crippen LogP contribution in [0.3, 0.4) is 0 Å². The van der Waals surface area contributed by atoms with Crippen LogP contribution in [-0.2, 0) is 22.4 Å². The maximum absolute atomic E-state index is 15.0. The van der Waals surface area contributed by atoms with Crippen molar-refractivity contribution >= 4 is 17.1 Å². The van der Waals surface area contributed by atoms with Crippen molar-refractivity contribution in [1.82, 2.24) is 4.98 Å². The first-order chi connectivity index (χ1) is 20.5. The summed E-state index contributed by atoms with van der Waals surface area (Å²) in [6.07, 6.45) is 0. The Morgan fingerprint density at radius 3 is 1.88 bits per heavy atom. The van der Waals surface area contributed by atoms with E-state index in [9.17, 15) is 17.6 Å². The maximum Gasteiger partial charge on any atom is 3.00 e. The third-order valence-electron chi connectivity index (χ3n) is 6.32. The quantitative estimate of drug-likeness (QED) is 0.0923. The molecule has 0 amide bonds. The van der Waals surface area contributed by atoms with E-state index in [1.807, 2.05) is 71.6 Å². The first-order valence-electron chi connectivity index (χ1n) is 12.8. The zero-order valence-corrected chi connectivity index (χ0v) is 24.3. The van der Waals surface area contributed by atoms with E-state index in [0.29, 0.717) is 12.1 Å². The topological polar surface area (TPSA) is 25.4 Å². The van der Waals surface area contributed by atoms with Gasteiger partial charge in [0.15, 0.2) is 0 Å². The molecule has 0 aliphatic heterocycles. The Kier molecular flexibility index (Phi) is 9.07. The van der Waals surface area contributed by atoms with Gasteiger partial charge in [-0.3, -0.25) is 17.6 Å². The SMILES string of the molecule is Fc1c[c-]c(-c2cccc(-c3[c-]c(Oc4[c-]ccc(N(c5ccccc5)c5ccccc5)c4)c(F)cc3F)n2)c(F)c1.[Au+3]. The second kappa shape index (κ2) is 13.1. The number of anilines is 3. The number of hydrogen-bond donors (Lipinski definition) is 0. The normalized spacial score (nSPS) is 10.6. The van der Waals surface area contributed by atoms with Gasteiger partial charge in [-0.15, -0.1) is 30.3 Å². The van der Waals surface area contributed by atoms with Crippen molar-refractivity contribution < 1.29 is 44.7 Å². The molecular weight excluding hydrogens is 737 g/mol. The molecule has 0 unspecified atom stereocenters. The summed E-state index contributed by atoms with van der Waals surface area (Å²) in [6.45, 7) is 0. The van der Waals surface area contributed by atoms with Gasteiger partial charge in [-0.1, -0.05) is 89.6 Å². The van der Waals surface area contributed by atoms with Gasteiger partial charge in [0.25, 0.3) is 0 Å². The summed E-state index contributed by atoms with van der Waals surface area (Å²) in [5.74, 6) is -3.79. The van der Waals surface area contributed by atoms with Gasteiger partial charge in [-0.2, -0.15) is 6.07 Å². The second-order valence-corrected chi connectivity index (χ2v) is 9.14. The summed E-state index contributed by atoms with van der Waals surface area (Å²) in [7, 11) is 0. The van der Waals surface area contributed by atoms with E-state index in [4.69, 9.17) is 4.74 Å². The van der Waals surface area contributed by atoms with E-state index in [1.165, 1.54) is 18.2 Å². The van der Waals surface area contributed by atoms with Crippen molar-refractivity contribution in [2.45, 2.75) is 0 Å². The predicted molar refractivity (Wildman–Crippen MR) is 153 cm³/mol. The van der Waals surface area contributed by atoms with Gasteiger partial charge in [0.2, 0.25) is 0 Å². The minimum atomic E-state index is -0.980. The number of aromatic nitrogens is 1. The second-order valence-electron chi connectivity index (χ2n) is 9.14. The van der Waals surface area contributed by atoms with E-state index in [0.717, 1.165) is 23.1 Å². The number of nitrogens with zero attached hydrogens (tertiary/aromatic N) is 2. The molecule has 0 saturated heterocycles. The van der Waals surface area contributed by atoms with Crippen molar-refractivity contribution in [3.63, 3.8) is 0 Å². The first-order valence-corrected chi connectivity index (χ1v) is 12.8. The monoisotopic (exact) mass is 756 g/mol. The third kappa shape index (κ3) is 6.54. The van der Waals surface area contributed by atoms with Crippen LogP contribution >= 0.6 is 0 Å². The minimum Gasteiger partial charge on any atom is -0.500 e. The molecule has 5 aromatic carbocycles. The van der Waals surface area contributed by atoms with Crippen LogP contribution in [-0.4, -0.2) is 4.98 Å². The third-order valence-corrected chi connectivity index (χ3v) is 6.32. The molecule has 8 heteroatoms. The standard InChI is InChI=1S/C35H19F4N2O.Au/c36-23-17-18-28(30(37)19-23)33-15-8-16-34(40-33)29-21-35(32(39)22-31(29)38)42-27-14-7-13-26(20-27)41(24-9-3-1-4-10-24)25-11-5-2-6-12-25;/h1-13,15-17,19-20,22H;/q-3;+3. The number of halogens is 4. The Hall–Kier alpha value is -4.69. The molecule has 0 spiro atoms. The van der Waals surface area contributed by atoms with E-state index >= 15 is 0 Å². The smallest absolute Gasteiger partial charge is 0.500 e. The van der Waals surface area contributed by atoms with E-state index in [2.05, 4.69) is 23.2 Å². The van der Waals surface area contributed by atoms with Crippen molar-refractivity contribution in [1.29, 1.82) is 0 Å². The predicted octanol–water partition coefficient (Wildman–Crippen LogP) is 9.63. The van der Waals surface area contributed by atoms with E-state index in [1.54, 1.807) is 12.1 Å². The average Bonchev–Trinajstić information content (AvgIpc) is 3.00. The fourth-order valence-corrected chi connectivity index (χ4v) is 4.44. The van der Waals surface area contributed by atoms with Crippen LogP contribution in [0.15, 0.2) is 115 Å². The van der Waals surface area contributed by atoms with Crippen LogP contribution in [0.2, 0.25) is 0 Å². The average molecular weight is 757 g/mol. The summed E-state index contributed by atoms with van der Waals surface area (Å²) in [5, 5.41) is 0. The first kappa shape index (κ1) is 29.8. The molecule has 0 aliphatic carbocycles. The molecule has 0 fully saturated rings. The Morgan fingerprint density at radius 2 is 1.23 bits per heavy atom. The molecule has 0 atom stereocenters. The van der Waals surface area contributed by atoms with Crippen LogP contribution in [0.25, 0.3) is 22.5 Å². The maximum atomic E-state index is 15.0. The van der Waals surface area contributed by atoms with Gasteiger partial charge in [-0.25, -0.2) is 0 Å². The van der Waals surface area contributed by atoms with Crippen molar-refractivity contribution in [3.05, 3.63) is 157 Å². The molecule has 0 aliphatic rings. The summed E-state index contributed by atoms with van der Waals surface area (Å²) >= 11 is 0. The molecule has 1 heterocycles. The number of hydrogen-bond acceptors (Lipinski definition) is 3. The molecule has 3 nitrogen and oxygen atoms in total. The minimum absolute atomic E-state index is 0. The Morgan fingerprint density at radius 1 is 0.605 bits per heavy atom. The van der Waals surface area contributed by atoms with Crippen LogP contribution < -0.4 is 9.64 Å². The Labute approximate surface area is 261 Å². The van der Waals surface area contributed by atoms with Crippen molar-refractivity contribution in [2.75, 3.05) is 4.90 Å². The number of pyridine rings is 1. The van der Waals surface area contributed by atoms with Crippen LogP contribution in [0.1, 0.15) is 0 Å². The number of para-hydroxylation sites is 2. The molecule has 0 radical (unpaired) electrons. The zero-order valence-electron chi connectivity index (χ0n) is 22.1. The summed E-state index contributed by atoms with van der Waals surface area (Å²) in [6, 6.07) is 39.4. The van der Waals surface area contributed by atoms with Gasteiger partial charge in [0.05, 0.1) is 11.6 Å². The van der Waals surface area contributed by atoms with Gasteiger partial charge < -0.3 is 14.6 Å². The molecule has 0 bridgehead atoms. The van der Waals surface area contributed by atoms with E-state index in [-0.39, 0.29) is 56.4 Å². The van der Waals surface area contributed by atoms with Gasteiger partial charge in [-0.05, 0) is 35.7 Å². The summed E-state index contributed by atoms with van der Waals surface area (Å²) in [5.41, 5.74) is 2.35. The van der Waals surface area contributed by atoms with E-state index < -0.39 is 23.3 Å². The zero-order chi connectivity index (χ0) is 29.1. The number of benzene rings is 5. The molecule has 0 saturated carbocycles. The molecule has 1 aromatic heterocycles. The fourth-order valence-electron chi connectivity index (χ4n) is 4.44. The Bertz CT molecular complexity index is 1830. The molecule has 6 aromatic rings. The largest absolute Gasteiger partial charge is 3.00 e. The molecule has 214 valence electrons. The van der Waals surface area contributed by atoms with Crippen LogP contribution in [0.4, 0.5) is 34.6 Å². The number of ether oxygens (including phenoxy) is 1. The van der Waals surface area contributed by atoms with Gasteiger partial charge >= 0.3 is 22.4 Å². The molecular formula is C35H19AuF4N2O. The number of rotatable bonds is 7. The summed E-state index contributed by atoms with van der Waals surface area (Å²) < 4.78 is 63.4. The van der Waals surface area contributed by atoms with Crippen molar-refractivity contribution in [3.8, 4) is 34.0 Å². The van der Waals surface area contributed by atoms with Crippen LogP contribution in [0.5, 0.6) is 11.5 Å². The molecule has 6 rings (SSSR count). The van der Waals surface area contributed by atoms with Crippen LogP contribution in [0, 0.1) is 41.5 Å². The fraction of sp³-hybridized carbons (Fsp3) is 0. The van der Waals surface area contributed by atoms with Crippen molar-refractivity contribution in [2.24, 2.45) is 0 Å². The molecule has 43 heavy (non-hydrogen) atoms. The van der Waals surface area contributed by atoms with Gasteiger partial charge in [0.1, 0.15) is 0 Å². The van der Waals surface area contributed by atoms with Gasteiger partial charge in [0, 0.05) is 34.6 Å². The Balaban J connectivity index is 0.00000368.